The third-order valence-corrected chi connectivity index (χ3v) is 5.55. The first kappa shape index (κ1) is 22.1. The van der Waals surface area contributed by atoms with Gasteiger partial charge in [-0.3, -0.25) is 4.79 Å². The van der Waals surface area contributed by atoms with E-state index < -0.39 is 11.9 Å². The fourth-order valence-corrected chi connectivity index (χ4v) is 3.63. The Kier molecular flexibility index (Phi) is 6.17. The van der Waals surface area contributed by atoms with Crippen molar-refractivity contribution in [3.8, 4) is 17.2 Å². The molecule has 33 heavy (non-hydrogen) atoms. The number of hydrogen-bond acceptors (Lipinski definition) is 5. The highest BCUT2D eigenvalue weighted by Gasteiger charge is 2.25. The van der Waals surface area contributed by atoms with Gasteiger partial charge in [0.15, 0.2) is 11.4 Å². The molecule has 170 valence electrons. The van der Waals surface area contributed by atoms with Crippen LogP contribution < -0.4 is 10.1 Å². The van der Waals surface area contributed by atoms with E-state index in [1.54, 1.807) is 13.3 Å². The molecular weight excluding hydrogens is 418 g/mol. The number of aryl methyl sites for hydroxylation is 1. The molecule has 2 N–H and O–H groups in total. The molecule has 8 nitrogen and oxygen atoms in total. The third-order valence-electron chi connectivity index (χ3n) is 5.55. The Hall–Kier alpha value is -4.07. The van der Waals surface area contributed by atoms with E-state index in [9.17, 15) is 9.90 Å². The minimum atomic E-state index is -0.544. The van der Waals surface area contributed by atoms with Gasteiger partial charge in [-0.15, -0.1) is 0 Å². The maximum absolute atomic E-state index is 13.2. The lowest BCUT2D eigenvalue weighted by atomic mass is 10.0. The molecule has 0 aliphatic rings. The van der Waals surface area contributed by atoms with Crippen molar-refractivity contribution in [2.24, 2.45) is 7.05 Å². The van der Waals surface area contributed by atoms with E-state index in [0.717, 1.165) is 16.8 Å². The number of aromatic nitrogens is 4. The Balaban J connectivity index is 1.65. The van der Waals surface area contributed by atoms with Crippen LogP contribution in [0.15, 0.2) is 67.1 Å². The van der Waals surface area contributed by atoms with Gasteiger partial charge in [0.25, 0.3) is 5.91 Å². The average molecular weight is 446 g/mol. The molecule has 1 atom stereocenters. The van der Waals surface area contributed by atoms with Crippen molar-refractivity contribution in [1.29, 1.82) is 0 Å². The summed E-state index contributed by atoms with van der Waals surface area (Å²) >= 11 is 0. The van der Waals surface area contributed by atoms with Crippen LogP contribution in [-0.4, -0.2) is 37.5 Å². The molecule has 4 rings (SSSR count). The maximum atomic E-state index is 13.2. The zero-order chi connectivity index (χ0) is 23.5. The van der Waals surface area contributed by atoms with Crippen LogP contribution in [0, 0.1) is 0 Å². The highest BCUT2D eigenvalue weighted by Crippen LogP contribution is 2.26. The topological polar surface area (TPSA) is 94.2 Å². The second-order valence-corrected chi connectivity index (χ2v) is 8.13. The van der Waals surface area contributed by atoms with Crippen molar-refractivity contribution < 1.29 is 14.6 Å². The number of nitrogens with zero attached hydrogens (tertiary/aromatic N) is 4. The van der Waals surface area contributed by atoms with Crippen LogP contribution in [0.25, 0.3) is 5.69 Å². The lowest BCUT2D eigenvalue weighted by Gasteiger charge is -2.19. The van der Waals surface area contributed by atoms with Crippen LogP contribution in [0.2, 0.25) is 0 Å². The fourth-order valence-electron chi connectivity index (χ4n) is 3.63. The molecule has 0 unspecified atom stereocenters. The SMILES string of the molecule is COc1ccc([C@H](NC(=O)c2nn(-c3cccc(C(C)C)c3)cc2O)c2nccn2C)cc1. The lowest BCUT2D eigenvalue weighted by molar-refractivity contribution is 0.0933. The van der Waals surface area contributed by atoms with Crippen molar-refractivity contribution >= 4 is 5.91 Å². The second kappa shape index (κ2) is 9.20. The summed E-state index contributed by atoms with van der Waals surface area (Å²) in [6, 6.07) is 14.7. The number of amides is 1. The van der Waals surface area contributed by atoms with Crippen molar-refractivity contribution in [3.63, 3.8) is 0 Å². The minimum Gasteiger partial charge on any atom is -0.504 e. The number of methoxy groups -OCH3 is 1. The maximum Gasteiger partial charge on any atom is 0.276 e. The molecule has 1 amide bonds. The smallest absolute Gasteiger partial charge is 0.276 e. The Morgan fingerprint density at radius 3 is 2.52 bits per heavy atom. The number of aromatic hydroxyl groups is 1. The number of carbonyl (C=O) groups excluding carboxylic acids is 1. The highest BCUT2D eigenvalue weighted by molar-refractivity contribution is 5.95. The zero-order valence-corrected chi connectivity index (χ0v) is 19.1. The molecular formula is C25H27N5O3. The normalized spacial score (nSPS) is 12.0. The minimum absolute atomic E-state index is 0.0577. The predicted molar refractivity (Wildman–Crippen MR) is 125 cm³/mol. The molecule has 0 aliphatic heterocycles. The van der Waals surface area contributed by atoms with Gasteiger partial charge < -0.3 is 19.7 Å². The van der Waals surface area contributed by atoms with E-state index in [0.29, 0.717) is 17.5 Å². The first-order valence-corrected chi connectivity index (χ1v) is 10.7. The summed E-state index contributed by atoms with van der Waals surface area (Å²) in [6.07, 6.45) is 4.93. The Labute approximate surface area is 192 Å². The van der Waals surface area contributed by atoms with Gasteiger partial charge >= 0.3 is 0 Å². The molecule has 0 spiro atoms. The average Bonchev–Trinajstić information content (AvgIpc) is 3.43. The molecule has 0 saturated carbocycles. The number of rotatable bonds is 7. The van der Waals surface area contributed by atoms with E-state index in [4.69, 9.17) is 4.74 Å². The number of imidazole rings is 1. The van der Waals surface area contributed by atoms with E-state index in [1.165, 1.54) is 10.9 Å². The first-order valence-electron chi connectivity index (χ1n) is 10.7. The van der Waals surface area contributed by atoms with Crippen molar-refractivity contribution in [3.05, 3.63) is 89.8 Å². The van der Waals surface area contributed by atoms with Gasteiger partial charge in [-0.1, -0.05) is 38.1 Å². The largest absolute Gasteiger partial charge is 0.504 e. The van der Waals surface area contributed by atoms with Gasteiger partial charge in [-0.2, -0.15) is 5.10 Å². The summed E-state index contributed by atoms with van der Waals surface area (Å²) in [5.74, 6) is 1.01. The number of benzene rings is 2. The molecule has 0 radical (unpaired) electrons. The lowest BCUT2D eigenvalue weighted by Crippen LogP contribution is -2.31. The van der Waals surface area contributed by atoms with Crippen LogP contribution >= 0.6 is 0 Å². The molecule has 4 aromatic rings. The van der Waals surface area contributed by atoms with E-state index in [2.05, 4.69) is 29.2 Å². The van der Waals surface area contributed by atoms with Crippen LogP contribution in [0.1, 0.15) is 53.2 Å². The molecule has 0 fully saturated rings. The van der Waals surface area contributed by atoms with Gasteiger partial charge in [0.05, 0.1) is 19.0 Å². The summed E-state index contributed by atoms with van der Waals surface area (Å²) in [7, 11) is 3.46. The van der Waals surface area contributed by atoms with Gasteiger partial charge in [-0.25, -0.2) is 9.67 Å². The molecule has 0 aliphatic carbocycles. The molecule has 8 heteroatoms. The molecule has 2 aromatic heterocycles. The van der Waals surface area contributed by atoms with Gasteiger partial charge in [0, 0.05) is 19.4 Å². The summed E-state index contributed by atoms with van der Waals surface area (Å²) in [6.45, 7) is 4.21. The summed E-state index contributed by atoms with van der Waals surface area (Å²) in [4.78, 5) is 17.6. The summed E-state index contributed by atoms with van der Waals surface area (Å²) < 4.78 is 8.59. The van der Waals surface area contributed by atoms with E-state index >= 15 is 0 Å². The standard InChI is InChI=1S/C25H27N5O3/c1-16(2)18-6-5-7-19(14-18)30-15-21(31)23(28-30)25(32)27-22(24-26-12-13-29(24)3)17-8-10-20(33-4)11-9-17/h5-16,22,31H,1-4H3,(H,27,32)/t22-/m0/s1. The fraction of sp³-hybridized carbons (Fsp3) is 0.240. The van der Waals surface area contributed by atoms with Crippen molar-refractivity contribution in [2.45, 2.75) is 25.8 Å². The monoisotopic (exact) mass is 445 g/mol. The zero-order valence-electron chi connectivity index (χ0n) is 19.1. The second-order valence-electron chi connectivity index (χ2n) is 8.13. The quantitative estimate of drug-likeness (QED) is 0.449. The Morgan fingerprint density at radius 1 is 1.12 bits per heavy atom. The van der Waals surface area contributed by atoms with Crippen molar-refractivity contribution in [1.82, 2.24) is 24.6 Å². The predicted octanol–water partition coefficient (Wildman–Crippen LogP) is 3.96. The van der Waals surface area contributed by atoms with E-state index in [1.807, 2.05) is 66.3 Å². The van der Waals surface area contributed by atoms with Crippen molar-refractivity contribution in [2.75, 3.05) is 7.11 Å². The summed E-state index contributed by atoms with van der Waals surface area (Å²) in [5.41, 5.74) is 2.67. The molecule has 0 saturated heterocycles. The number of carbonyl (C=O) groups is 1. The molecule has 2 aromatic carbocycles. The van der Waals surface area contributed by atoms with Crippen LogP contribution in [-0.2, 0) is 7.05 Å². The van der Waals surface area contributed by atoms with Gasteiger partial charge in [-0.05, 0) is 41.3 Å². The molecule has 0 bridgehead atoms. The van der Waals surface area contributed by atoms with Gasteiger partial charge in [0.1, 0.15) is 17.6 Å². The number of hydrogen-bond donors (Lipinski definition) is 2. The highest BCUT2D eigenvalue weighted by atomic mass is 16.5. The summed E-state index contributed by atoms with van der Waals surface area (Å²) in [5, 5.41) is 17.8. The Bertz CT molecular complexity index is 1260. The third kappa shape index (κ3) is 4.59. The first-order chi connectivity index (χ1) is 15.9. The number of ether oxygens (including phenoxy) is 1. The van der Waals surface area contributed by atoms with Gasteiger partial charge in [0.2, 0.25) is 0 Å². The van der Waals surface area contributed by atoms with Crippen LogP contribution in [0.4, 0.5) is 0 Å². The Morgan fingerprint density at radius 2 is 1.88 bits per heavy atom. The molecule has 2 heterocycles. The van der Waals surface area contributed by atoms with E-state index in [-0.39, 0.29) is 11.4 Å². The van der Waals surface area contributed by atoms with Crippen LogP contribution in [0.3, 0.4) is 0 Å². The number of nitrogens with one attached hydrogen (secondary N) is 1. The van der Waals surface area contributed by atoms with Crippen LogP contribution in [0.5, 0.6) is 11.5 Å².